The molecule has 0 bridgehead atoms. The van der Waals surface area contributed by atoms with Crippen LogP contribution in [0.25, 0.3) is 0 Å². The van der Waals surface area contributed by atoms with Gasteiger partial charge in [-0.2, -0.15) is 0 Å². The van der Waals surface area contributed by atoms with E-state index in [1.54, 1.807) is 0 Å². The van der Waals surface area contributed by atoms with E-state index in [2.05, 4.69) is 117 Å². The highest BCUT2D eigenvalue weighted by molar-refractivity contribution is 5.70. The van der Waals surface area contributed by atoms with Crippen molar-refractivity contribution < 1.29 is 5.48 Å². The topological polar surface area (TPSA) is 42.0 Å². The Bertz CT molecular complexity index is 662. The zero-order chi connectivity index (χ0) is 20.1. The molecule has 0 aromatic heterocycles. The standard InChI is InChI=1S/C22H24N.C4H11N.H2O/c1-2-3-19-23(20-13-7-4-8-14-20,21-15-9-5-10-16-21)22-17-11-6-12-18-22;1-3-5-4-2;/h4-18H,2-3,19H2,1H3;5H,3-4H2,1-2H3;1H2/q+1;;/p-1. The SMILES string of the molecule is CCCC[N+](c1ccccc1)(c1ccccc1)c1ccccc1.CCNCC.[OH-]. The third-order valence-corrected chi connectivity index (χ3v) is 4.94. The van der Waals surface area contributed by atoms with Crippen molar-refractivity contribution >= 4 is 17.1 Å². The number of para-hydroxylation sites is 3. The fourth-order valence-electron chi connectivity index (χ4n) is 3.53. The summed E-state index contributed by atoms with van der Waals surface area (Å²) < 4.78 is 0.774. The van der Waals surface area contributed by atoms with Crippen molar-refractivity contribution in [3.63, 3.8) is 0 Å². The molecule has 0 unspecified atom stereocenters. The summed E-state index contributed by atoms with van der Waals surface area (Å²) in [5, 5.41) is 3.11. The number of benzene rings is 3. The second kappa shape index (κ2) is 13.7. The third-order valence-electron chi connectivity index (χ3n) is 4.94. The average Bonchev–Trinajstić information content (AvgIpc) is 2.78. The lowest BCUT2D eigenvalue weighted by Gasteiger charge is -2.37. The average molecular weight is 393 g/mol. The van der Waals surface area contributed by atoms with Gasteiger partial charge in [-0.05, 0) is 55.9 Å². The molecule has 3 aromatic rings. The van der Waals surface area contributed by atoms with Crippen molar-refractivity contribution in [3.05, 3.63) is 91.0 Å². The van der Waals surface area contributed by atoms with E-state index >= 15 is 0 Å². The fraction of sp³-hybridized carbons (Fsp3) is 0.308. The van der Waals surface area contributed by atoms with E-state index in [0.717, 1.165) is 24.1 Å². The van der Waals surface area contributed by atoms with Crippen molar-refractivity contribution in [1.82, 2.24) is 9.80 Å². The molecule has 3 heteroatoms. The number of hydrogen-bond donors (Lipinski definition) is 1. The molecule has 3 aromatic carbocycles. The van der Waals surface area contributed by atoms with Gasteiger partial charge in [-0.1, -0.05) is 81.8 Å². The van der Waals surface area contributed by atoms with Crippen molar-refractivity contribution in [2.75, 3.05) is 19.6 Å². The lowest BCUT2D eigenvalue weighted by atomic mass is 10.1. The van der Waals surface area contributed by atoms with Crippen LogP contribution in [0.4, 0.5) is 17.1 Å². The summed E-state index contributed by atoms with van der Waals surface area (Å²) in [7, 11) is 0. The van der Waals surface area contributed by atoms with Gasteiger partial charge in [0.05, 0.1) is 6.54 Å². The monoisotopic (exact) mass is 392 g/mol. The summed E-state index contributed by atoms with van der Waals surface area (Å²) in [6, 6.07) is 32.6. The molecular formula is C26H36N2O. The van der Waals surface area contributed by atoms with Crippen molar-refractivity contribution in [2.45, 2.75) is 33.6 Å². The van der Waals surface area contributed by atoms with Gasteiger partial charge in [-0.3, -0.25) is 0 Å². The number of hydrogen-bond acceptors (Lipinski definition) is 2. The number of unbranched alkanes of at least 4 members (excludes halogenated alkanes) is 1. The van der Waals surface area contributed by atoms with E-state index in [1.807, 2.05) is 0 Å². The van der Waals surface area contributed by atoms with E-state index in [1.165, 1.54) is 29.9 Å². The Balaban J connectivity index is 0.000000628. The van der Waals surface area contributed by atoms with Crippen LogP contribution in [0.5, 0.6) is 0 Å². The maximum absolute atomic E-state index is 3.11. The molecule has 0 heterocycles. The van der Waals surface area contributed by atoms with E-state index < -0.39 is 0 Å². The second-order valence-corrected chi connectivity index (χ2v) is 6.85. The Kier molecular flexibility index (Phi) is 11.6. The molecule has 2 N–H and O–H groups in total. The highest BCUT2D eigenvalue weighted by Crippen LogP contribution is 2.43. The minimum Gasteiger partial charge on any atom is -0.870 e. The van der Waals surface area contributed by atoms with Crippen molar-refractivity contribution in [2.24, 2.45) is 0 Å². The van der Waals surface area contributed by atoms with Gasteiger partial charge in [-0.15, -0.1) is 0 Å². The molecule has 0 saturated carbocycles. The molecule has 3 rings (SSSR count). The summed E-state index contributed by atoms with van der Waals surface area (Å²) >= 11 is 0. The minimum atomic E-state index is 0. The molecule has 0 aliphatic heterocycles. The molecule has 0 saturated heterocycles. The van der Waals surface area contributed by atoms with Crippen LogP contribution in [0.2, 0.25) is 0 Å². The fourth-order valence-corrected chi connectivity index (χ4v) is 3.53. The largest absolute Gasteiger partial charge is 0.870 e. The van der Waals surface area contributed by atoms with Crippen LogP contribution in [0.3, 0.4) is 0 Å². The Hall–Kier alpha value is -2.46. The zero-order valence-electron chi connectivity index (χ0n) is 18.1. The number of nitrogens with zero attached hydrogens (tertiary/aromatic N) is 1. The van der Waals surface area contributed by atoms with E-state index in [-0.39, 0.29) is 5.48 Å². The van der Waals surface area contributed by atoms with Gasteiger partial charge < -0.3 is 10.8 Å². The van der Waals surface area contributed by atoms with Crippen LogP contribution in [0.1, 0.15) is 33.6 Å². The van der Waals surface area contributed by atoms with Gasteiger partial charge in [0.2, 0.25) is 0 Å². The predicted molar refractivity (Wildman–Crippen MR) is 126 cm³/mol. The van der Waals surface area contributed by atoms with Gasteiger partial charge in [0.15, 0.2) is 0 Å². The maximum atomic E-state index is 3.11. The van der Waals surface area contributed by atoms with Crippen LogP contribution < -0.4 is 9.80 Å². The normalized spacial score (nSPS) is 10.4. The summed E-state index contributed by atoms with van der Waals surface area (Å²) in [6.45, 7) is 9.71. The molecule has 0 aliphatic carbocycles. The highest BCUT2D eigenvalue weighted by atomic mass is 16.0. The summed E-state index contributed by atoms with van der Waals surface area (Å²) in [5.74, 6) is 0. The molecule has 156 valence electrons. The van der Waals surface area contributed by atoms with Crippen LogP contribution in [0, 0.1) is 0 Å². The highest BCUT2D eigenvalue weighted by Gasteiger charge is 2.35. The third kappa shape index (κ3) is 6.53. The minimum absolute atomic E-state index is 0. The number of quaternary nitrogens is 1. The van der Waals surface area contributed by atoms with Gasteiger partial charge >= 0.3 is 0 Å². The molecule has 29 heavy (non-hydrogen) atoms. The van der Waals surface area contributed by atoms with E-state index in [0.29, 0.717) is 0 Å². The molecule has 0 fully saturated rings. The lowest BCUT2D eigenvalue weighted by molar-refractivity contribution is 0.495. The number of nitrogens with one attached hydrogen (secondary N) is 1. The zero-order valence-corrected chi connectivity index (χ0v) is 18.1. The van der Waals surface area contributed by atoms with Gasteiger partial charge in [0, 0.05) is 0 Å². The first-order valence-corrected chi connectivity index (χ1v) is 10.5. The van der Waals surface area contributed by atoms with Crippen LogP contribution in [-0.4, -0.2) is 25.1 Å². The molecule has 0 spiro atoms. The Morgan fingerprint density at radius 3 is 1.17 bits per heavy atom. The van der Waals surface area contributed by atoms with E-state index in [4.69, 9.17) is 0 Å². The van der Waals surface area contributed by atoms with Gasteiger partial charge in [0.25, 0.3) is 0 Å². The maximum Gasteiger partial charge on any atom is 0.143 e. The Morgan fingerprint density at radius 2 is 0.931 bits per heavy atom. The summed E-state index contributed by atoms with van der Waals surface area (Å²) in [4.78, 5) is 0. The van der Waals surface area contributed by atoms with Crippen LogP contribution in [-0.2, 0) is 0 Å². The smallest absolute Gasteiger partial charge is 0.143 e. The summed E-state index contributed by atoms with van der Waals surface area (Å²) in [6.07, 6.45) is 2.37. The van der Waals surface area contributed by atoms with Crippen LogP contribution >= 0.6 is 0 Å². The molecule has 0 radical (unpaired) electrons. The summed E-state index contributed by atoms with van der Waals surface area (Å²) in [5.41, 5.74) is 3.95. The predicted octanol–water partition coefficient (Wildman–Crippen LogP) is 6.90. The molecule has 0 aliphatic rings. The van der Waals surface area contributed by atoms with Crippen LogP contribution in [0.15, 0.2) is 91.0 Å². The Labute approximate surface area is 176 Å². The number of rotatable bonds is 8. The molecule has 0 amide bonds. The van der Waals surface area contributed by atoms with Crippen molar-refractivity contribution in [1.29, 1.82) is 0 Å². The lowest BCUT2D eigenvalue weighted by Crippen LogP contribution is -2.39. The molecule has 0 atom stereocenters. The first-order valence-electron chi connectivity index (χ1n) is 10.5. The van der Waals surface area contributed by atoms with E-state index in [9.17, 15) is 0 Å². The molecular weight excluding hydrogens is 356 g/mol. The molecule has 3 nitrogen and oxygen atoms in total. The van der Waals surface area contributed by atoms with Gasteiger partial charge in [-0.25, -0.2) is 4.48 Å². The second-order valence-electron chi connectivity index (χ2n) is 6.85. The first kappa shape index (κ1) is 24.6. The Morgan fingerprint density at radius 1 is 0.586 bits per heavy atom. The first-order chi connectivity index (χ1) is 13.8. The quantitative estimate of drug-likeness (QED) is 0.424. The van der Waals surface area contributed by atoms with Crippen molar-refractivity contribution in [3.8, 4) is 0 Å². The van der Waals surface area contributed by atoms with Gasteiger partial charge in [0.1, 0.15) is 17.1 Å².